The molecule has 1 rings (SSSR count). The van der Waals surface area contributed by atoms with Crippen molar-refractivity contribution in [3.05, 3.63) is 35.9 Å². The van der Waals surface area contributed by atoms with Gasteiger partial charge in [0.25, 0.3) is 6.47 Å². The molecule has 5 heteroatoms. The molecule has 0 aliphatic carbocycles. The van der Waals surface area contributed by atoms with Crippen LogP contribution < -0.4 is 12.3 Å². The van der Waals surface area contributed by atoms with Gasteiger partial charge in [-0.15, -0.1) is 0 Å². The van der Waals surface area contributed by atoms with E-state index in [1.54, 1.807) is 6.92 Å². The summed E-state index contributed by atoms with van der Waals surface area (Å²) < 4.78 is 0. The van der Waals surface area contributed by atoms with E-state index >= 15 is 0 Å². The second-order valence-corrected chi connectivity index (χ2v) is 2.03. The van der Waals surface area contributed by atoms with Crippen LogP contribution in [0.5, 0.6) is 0 Å². The summed E-state index contributed by atoms with van der Waals surface area (Å²) in [5.41, 5.74) is 0.775. The van der Waals surface area contributed by atoms with E-state index in [1.807, 2.05) is 30.3 Å². The largest absolute Gasteiger partial charge is 0.483 e. The molecular formula is C10H20N2O3. The van der Waals surface area contributed by atoms with Gasteiger partial charge in [-0.1, -0.05) is 37.8 Å². The molecule has 7 N–H and O–H groups in total. The molecule has 0 saturated heterocycles. The Morgan fingerprint density at radius 1 is 1.20 bits per heavy atom. The lowest BCUT2D eigenvalue weighted by Gasteiger charge is -1.89. The number of ketones is 1. The Balaban J connectivity index is -0.0000000917. The highest BCUT2D eigenvalue weighted by Crippen LogP contribution is 1.97. The summed E-state index contributed by atoms with van der Waals surface area (Å²) in [6.45, 7) is 1.31. The fourth-order valence-electron chi connectivity index (χ4n) is 0.673. The normalized spacial score (nSPS) is 6.20. The molecule has 15 heavy (non-hydrogen) atoms. The van der Waals surface area contributed by atoms with Gasteiger partial charge in [0.2, 0.25) is 0 Å². The smallest absolute Gasteiger partial charge is 0.290 e. The first-order valence-corrected chi connectivity index (χ1v) is 3.36. The lowest BCUT2D eigenvalue weighted by molar-refractivity contribution is -0.122. The van der Waals surface area contributed by atoms with Crippen LogP contribution in [0.4, 0.5) is 0 Å². The van der Waals surface area contributed by atoms with E-state index in [0.29, 0.717) is 0 Å². The van der Waals surface area contributed by atoms with Gasteiger partial charge in [-0.05, 0) is 6.92 Å². The third kappa shape index (κ3) is 12.3. The number of hydrogen-bond acceptors (Lipinski definition) is 4. The minimum atomic E-state index is -0.250. The predicted molar refractivity (Wildman–Crippen MR) is 61.9 cm³/mol. The van der Waals surface area contributed by atoms with Gasteiger partial charge in [0.05, 0.1) is 0 Å². The fraction of sp³-hybridized carbons (Fsp3) is 0.200. The van der Waals surface area contributed by atoms with Crippen LogP contribution >= 0.6 is 0 Å². The van der Waals surface area contributed by atoms with E-state index in [2.05, 4.69) is 0 Å². The monoisotopic (exact) mass is 216 g/mol. The Morgan fingerprint density at radius 3 is 1.73 bits per heavy atom. The maximum Gasteiger partial charge on any atom is 0.290 e. The zero-order chi connectivity index (χ0) is 9.40. The van der Waals surface area contributed by atoms with Crippen LogP contribution in [0.3, 0.4) is 0 Å². The Kier molecular flexibility index (Phi) is 22.9. The van der Waals surface area contributed by atoms with E-state index in [9.17, 15) is 4.79 Å². The number of benzene rings is 1. The van der Waals surface area contributed by atoms with Crippen molar-refractivity contribution in [1.82, 2.24) is 12.3 Å². The molecule has 0 unspecified atom stereocenters. The van der Waals surface area contributed by atoms with Crippen molar-refractivity contribution in [1.29, 1.82) is 0 Å². The van der Waals surface area contributed by atoms with Crippen molar-refractivity contribution in [2.45, 2.75) is 14.4 Å². The van der Waals surface area contributed by atoms with Crippen LogP contribution in [0, 0.1) is 0 Å². The molecule has 0 amide bonds. The van der Waals surface area contributed by atoms with Crippen molar-refractivity contribution in [2.75, 3.05) is 0 Å². The van der Waals surface area contributed by atoms with Gasteiger partial charge < -0.3 is 17.4 Å². The predicted octanol–water partition coefficient (Wildman–Crippen LogP) is 2.55. The Morgan fingerprint density at radius 2 is 1.53 bits per heavy atom. The van der Waals surface area contributed by atoms with Gasteiger partial charge in [0, 0.05) is 5.56 Å². The summed E-state index contributed by atoms with van der Waals surface area (Å²) in [6, 6.07) is 9.23. The molecule has 1 aromatic rings. The molecule has 0 aliphatic heterocycles. The topological polar surface area (TPSA) is 124 Å². The summed E-state index contributed by atoms with van der Waals surface area (Å²) in [6.07, 6.45) is 0. The maximum atomic E-state index is 10.6. The van der Waals surface area contributed by atoms with Crippen LogP contribution in [-0.4, -0.2) is 17.4 Å². The zero-order valence-corrected chi connectivity index (χ0v) is 8.14. The van der Waals surface area contributed by atoms with Gasteiger partial charge in [-0.2, -0.15) is 0 Å². The van der Waals surface area contributed by atoms with Crippen LogP contribution in [0.15, 0.2) is 30.3 Å². The summed E-state index contributed by atoms with van der Waals surface area (Å²) >= 11 is 0. The molecule has 0 fully saturated rings. The van der Waals surface area contributed by atoms with Gasteiger partial charge in [0.1, 0.15) is 0 Å². The molecule has 0 aliphatic rings. The number of carbonyl (C=O) groups is 2. The summed E-state index contributed by atoms with van der Waals surface area (Å²) in [7, 11) is 0. The third-order valence-electron chi connectivity index (χ3n) is 1.18. The number of carboxylic acid groups (broad SMARTS) is 1. The van der Waals surface area contributed by atoms with E-state index < -0.39 is 0 Å². The van der Waals surface area contributed by atoms with Crippen molar-refractivity contribution >= 4 is 12.3 Å². The quantitative estimate of drug-likeness (QED) is 0.491. The van der Waals surface area contributed by atoms with Crippen molar-refractivity contribution in [2.24, 2.45) is 0 Å². The van der Waals surface area contributed by atoms with Gasteiger partial charge in [-0.25, -0.2) is 0 Å². The van der Waals surface area contributed by atoms with Crippen LogP contribution in [0.25, 0.3) is 0 Å². The zero-order valence-electron chi connectivity index (χ0n) is 8.14. The highest BCUT2D eigenvalue weighted by molar-refractivity contribution is 5.93. The van der Waals surface area contributed by atoms with E-state index in [1.165, 1.54) is 0 Å². The first kappa shape index (κ1) is 23.3. The van der Waals surface area contributed by atoms with Crippen LogP contribution in [-0.2, 0) is 4.79 Å². The van der Waals surface area contributed by atoms with Crippen molar-refractivity contribution in [3.8, 4) is 0 Å². The Labute approximate surface area is 90.3 Å². The Hall–Kier alpha value is -1.72. The van der Waals surface area contributed by atoms with Gasteiger partial charge in [-0.3, -0.25) is 9.59 Å². The summed E-state index contributed by atoms with van der Waals surface area (Å²) in [5.74, 6) is 0.121. The minimum absolute atomic E-state index is 0. The van der Waals surface area contributed by atoms with Crippen LogP contribution in [0.2, 0.25) is 0 Å². The molecule has 88 valence electrons. The first-order valence-electron chi connectivity index (χ1n) is 3.36. The maximum absolute atomic E-state index is 10.6. The SMILES string of the molecule is C.CC(=O)c1ccccc1.N.N.O=CO. The molecule has 0 heterocycles. The highest BCUT2D eigenvalue weighted by atomic mass is 16.3. The molecule has 0 aromatic heterocycles. The molecule has 0 radical (unpaired) electrons. The highest BCUT2D eigenvalue weighted by Gasteiger charge is 1.92. The summed E-state index contributed by atoms with van der Waals surface area (Å²) in [4.78, 5) is 19.0. The van der Waals surface area contributed by atoms with E-state index in [0.717, 1.165) is 5.56 Å². The van der Waals surface area contributed by atoms with Crippen molar-refractivity contribution < 1.29 is 14.7 Å². The average molecular weight is 216 g/mol. The lowest BCUT2D eigenvalue weighted by atomic mass is 10.2. The number of rotatable bonds is 1. The molecule has 1 aromatic carbocycles. The first-order chi connectivity index (χ1) is 5.72. The second-order valence-electron chi connectivity index (χ2n) is 2.03. The fourth-order valence-corrected chi connectivity index (χ4v) is 0.673. The average Bonchev–Trinajstić information content (AvgIpc) is 2.07. The minimum Gasteiger partial charge on any atom is -0.483 e. The molecule has 0 bridgehead atoms. The third-order valence-corrected chi connectivity index (χ3v) is 1.18. The van der Waals surface area contributed by atoms with Crippen molar-refractivity contribution in [3.63, 3.8) is 0 Å². The molecular weight excluding hydrogens is 196 g/mol. The van der Waals surface area contributed by atoms with Crippen LogP contribution in [0.1, 0.15) is 24.7 Å². The number of Topliss-reactive ketones (excluding diaryl/α,β-unsaturated/α-hetero) is 1. The second kappa shape index (κ2) is 14.8. The Bertz CT molecular complexity index is 250. The molecule has 0 saturated carbocycles. The molecule has 0 atom stereocenters. The van der Waals surface area contributed by atoms with Gasteiger partial charge in [0.15, 0.2) is 5.78 Å². The number of hydrogen-bond donors (Lipinski definition) is 3. The number of carbonyl (C=O) groups excluding carboxylic acids is 1. The van der Waals surface area contributed by atoms with E-state index in [4.69, 9.17) is 9.90 Å². The molecule has 0 spiro atoms. The lowest BCUT2D eigenvalue weighted by Crippen LogP contribution is -1.88. The summed E-state index contributed by atoms with van der Waals surface area (Å²) in [5, 5.41) is 6.89. The molecule has 5 nitrogen and oxygen atoms in total. The standard InChI is InChI=1S/C8H8O.CH2O2.CH4.2H3N/c1-7(9)8-5-3-2-4-6-8;2-1-3;;;/h2-6H,1H3;1H,(H,2,3);1H4;2*1H3. The van der Waals surface area contributed by atoms with Gasteiger partial charge >= 0.3 is 0 Å². The van der Waals surface area contributed by atoms with E-state index in [-0.39, 0.29) is 32.0 Å².